The number of amides is 2. The summed E-state index contributed by atoms with van der Waals surface area (Å²) in [6.45, 7) is 2.72. The molecule has 164 valence electrons. The molecule has 0 aliphatic carbocycles. The highest BCUT2D eigenvalue weighted by molar-refractivity contribution is 6.08. The Morgan fingerprint density at radius 2 is 1.76 bits per heavy atom. The maximum atomic E-state index is 12.1. The number of hydrazine groups is 1. The Morgan fingerprint density at radius 3 is 2.52 bits per heavy atom. The van der Waals surface area contributed by atoms with E-state index in [1.54, 1.807) is 30.3 Å². The normalized spacial score (nSPS) is 10.9. The van der Waals surface area contributed by atoms with Crippen LogP contribution >= 0.6 is 0 Å². The molecule has 0 spiro atoms. The number of rotatable bonds is 6. The Morgan fingerprint density at radius 1 is 1.00 bits per heavy atom. The van der Waals surface area contributed by atoms with E-state index >= 15 is 0 Å². The number of carbonyl (C=O) groups is 2. The molecule has 7 heteroatoms. The number of nitrogens with zero attached hydrogens (tertiary/aromatic N) is 2. The molecule has 4 aromatic rings. The number of fused-ring (bicyclic) bond motifs is 3. The van der Waals surface area contributed by atoms with Crippen molar-refractivity contribution >= 4 is 39.7 Å². The number of nitriles is 1. The van der Waals surface area contributed by atoms with Crippen LogP contribution in [0.5, 0.6) is 5.75 Å². The van der Waals surface area contributed by atoms with Crippen LogP contribution in [-0.4, -0.2) is 23.0 Å². The lowest BCUT2D eigenvalue weighted by Gasteiger charge is -2.07. The summed E-state index contributed by atoms with van der Waals surface area (Å²) in [5.41, 5.74) is 8.35. The summed E-state index contributed by atoms with van der Waals surface area (Å²) >= 11 is 0. The number of carbonyl (C=O) groups excluding carboxylic acids is 2. The van der Waals surface area contributed by atoms with Gasteiger partial charge in [0, 0.05) is 34.4 Å². The van der Waals surface area contributed by atoms with Gasteiger partial charge in [-0.2, -0.15) is 5.26 Å². The maximum Gasteiger partial charge on any atom is 0.276 e. The molecule has 0 radical (unpaired) electrons. The predicted molar refractivity (Wildman–Crippen MR) is 127 cm³/mol. The predicted octanol–water partition coefficient (Wildman–Crippen LogP) is 3.93. The first kappa shape index (κ1) is 21.7. The lowest BCUT2D eigenvalue weighted by molar-refractivity contribution is -0.128. The minimum Gasteiger partial charge on any atom is -0.484 e. The highest BCUT2D eigenvalue weighted by atomic mass is 16.5. The van der Waals surface area contributed by atoms with E-state index in [1.165, 1.54) is 17.0 Å². The number of benzene rings is 3. The Hall–Kier alpha value is -4.57. The minimum absolute atomic E-state index is 0.270. The molecule has 0 saturated heterocycles. The third kappa shape index (κ3) is 4.86. The summed E-state index contributed by atoms with van der Waals surface area (Å²) in [6.07, 6.45) is 3.06. The van der Waals surface area contributed by atoms with Crippen LogP contribution < -0.4 is 15.6 Å². The average molecular weight is 438 g/mol. The van der Waals surface area contributed by atoms with E-state index in [0.29, 0.717) is 11.3 Å². The second-order valence-corrected chi connectivity index (χ2v) is 7.33. The second kappa shape index (κ2) is 9.71. The monoisotopic (exact) mass is 438 g/mol. The van der Waals surface area contributed by atoms with Crippen LogP contribution in [0.25, 0.3) is 27.9 Å². The summed E-state index contributed by atoms with van der Waals surface area (Å²) in [7, 11) is 0. The summed E-state index contributed by atoms with van der Waals surface area (Å²) in [5.74, 6) is -0.511. The summed E-state index contributed by atoms with van der Waals surface area (Å²) in [6, 6.07) is 22.7. The SMILES string of the molecule is CCn1c2ccccc2c2cc(C=CC(=O)NNC(=O)COc3ccc(C#N)cc3)ccc21. The van der Waals surface area contributed by atoms with E-state index in [0.717, 1.165) is 23.0 Å². The topological polar surface area (TPSA) is 96.2 Å². The fourth-order valence-electron chi connectivity index (χ4n) is 3.67. The van der Waals surface area contributed by atoms with Crippen LogP contribution in [0.4, 0.5) is 0 Å². The number of para-hydroxylation sites is 1. The number of hydrogen-bond donors (Lipinski definition) is 2. The van der Waals surface area contributed by atoms with Gasteiger partial charge in [-0.25, -0.2) is 0 Å². The van der Waals surface area contributed by atoms with Gasteiger partial charge in [-0.15, -0.1) is 0 Å². The van der Waals surface area contributed by atoms with Gasteiger partial charge in [0.15, 0.2) is 6.61 Å². The van der Waals surface area contributed by atoms with Crippen molar-refractivity contribution in [3.8, 4) is 11.8 Å². The van der Waals surface area contributed by atoms with Gasteiger partial charge in [0.2, 0.25) is 0 Å². The highest BCUT2D eigenvalue weighted by Gasteiger charge is 2.09. The molecule has 1 aromatic heterocycles. The maximum absolute atomic E-state index is 12.1. The second-order valence-electron chi connectivity index (χ2n) is 7.33. The van der Waals surface area contributed by atoms with Gasteiger partial charge in [0.05, 0.1) is 11.6 Å². The molecule has 7 nitrogen and oxygen atoms in total. The standard InChI is InChI=1S/C26H22N4O3/c1-2-30-23-6-4-3-5-21(23)22-15-18(9-13-24(22)30)10-14-25(31)28-29-26(32)17-33-20-11-7-19(16-27)8-12-20/h3-15H,2,17H2,1H3,(H,28,31)(H,29,32). The molecule has 33 heavy (non-hydrogen) atoms. The fourth-order valence-corrected chi connectivity index (χ4v) is 3.67. The van der Waals surface area contributed by atoms with Crippen LogP contribution in [0, 0.1) is 11.3 Å². The van der Waals surface area contributed by atoms with Crippen molar-refractivity contribution in [3.63, 3.8) is 0 Å². The van der Waals surface area contributed by atoms with E-state index in [1.807, 2.05) is 24.3 Å². The van der Waals surface area contributed by atoms with Crippen LogP contribution in [0.2, 0.25) is 0 Å². The number of ether oxygens (including phenoxy) is 1. The molecule has 0 atom stereocenters. The summed E-state index contributed by atoms with van der Waals surface area (Å²) in [4.78, 5) is 24.0. The molecule has 0 saturated carbocycles. The first-order chi connectivity index (χ1) is 16.1. The van der Waals surface area contributed by atoms with Crippen molar-refractivity contribution in [2.45, 2.75) is 13.5 Å². The van der Waals surface area contributed by atoms with E-state index in [4.69, 9.17) is 10.00 Å². The number of hydrogen-bond acceptors (Lipinski definition) is 4. The lowest BCUT2D eigenvalue weighted by atomic mass is 10.1. The van der Waals surface area contributed by atoms with Crippen LogP contribution in [-0.2, 0) is 16.1 Å². The first-order valence-corrected chi connectivity index (χ1v) is 10.5. The fraction of sp³-hybridized carbons (Fsp3) is 0.115. The van der Waals surface area contributed by atoms with Crippen molar-refractivity contribution in [2.75, 3.05) is 6.61 Å². The average Bonchev–Trinajstić information content (AvgIpc) is 3.18. The van der Waals surface area contributed by atoms with Gasteiger partial charge in [-0.05, 0) is 61.0 Å². The lowest BCUT2D eigenvalue weighted by Crippen LogP contribution is -2.43. The largest absolute Gasteiger partial charge is 0.484 e. The molecule has 2 N–H and O–H groups in total. The number of aromatic nitrogens is 1. The first-order valence-electron chi connectivity index (χ1n) is 10.5. The summed E-state index contributed by atoms with van der Waals surface area (Å²) in [5, 5.41) is 11.1. The van der Waals surface area contributed by atoms with Crippen molar-refractivity contribution < 1.29 is 14.3 Å². The van der Waals surface area contributed by atoms with Crippen molar-refractivity contribution in [2.24, 2.45) is 0 Å². The molecule has 0 unspecified atom stereocenters. The van der Waals surface area contributed by atoms with Gasteiger partial charge < -0.3 is 9.30 Å². The third-order valence-corrected chi connectivity index (χ3v) is 5.22. The minimum atomic E-state index is -0.505. The highest BCUT2D eigenvalue weighted by Crippen LogP contribution is 2.29. The van der Waals surface area contributed by atoms with Gasteiger partial charge in [0.1, 0.15) is 5.75 Å². The van der Waals surface area contributed by atoms with Crippen molar-refractivity contribution in [1.29, 1.82) is 5.26 Å². The molecule has 0 aliphatic rings. The Labute approximate surface area is 190 Å². The van der Waals surface area contributed by atoms with Gasteiger partial charge >= 0.3 is 0 Å². The zero-order chi connectivity index (χ0) is 23.2. The Balaban J connectivity index is 1.35. The molecule has 2 amide bonds. The van der Waals surface area contributed by atoms with E-state index in [-0.39, 0.29) is 6.61 Å². The van der Waals surface area contributed by atoms with Crippen molar-refractivity contribution in [3.05, 3.63) is 83.9 Å². The van der Waals surface area contributed by atoms with E-state index < -0.39 is 11.8 Å². The van der Waals surface area contributed by atoms with E-state index in [2.05, 4.69) is 46.6 Å². The molecule has 1 heterocycles. The zero-order valence-electron chi connectivity index (χ0n) is 18.0. The molecule has 0 fully saturated rings. The van der Waals surface area contributed by atoms with Crippen LogP contribution in [0.1, 0.15) is 18.1 Å². The summed E-state index contributed by atoms with van der Waals surface area (Å²) < 4.78 is 7.59. The molecule has 0 bridgehead atoms. The molecule has 4 rings (SSSR count). The molecular weight excluding hydrogens is 416 g/mol. The van der Waals surface area contributed by atoms with Gasteiger partial charge in [-0.1, -0.05) is 24.3 Å². The van der Waals surface area contributed by atoms with Crippen LogP contribution in [0.15, 0.2) is 72.8 Å². The van der Waals surface area contributed by atoms with Gasteiger partial charge in [0.25, 0.3) is 11.8 Å². The number of nitrogens with one attached hydrogen (secondary N) is 2. The van der Waals surface area contributed by atoms with E-state index in [9.17, 15) is 9.59 Å². The third-order valence-electron chi connectivity index (χ3n) is 5.22. The smallest absolute Gasteiger partial charge is 0.276 e. The van der Waals surface area contributed by atoms with Gasteiger partial charge in [-0.3, -0.25) is 20.4 Å². The molecule has 0 aliphatic heterocycles. The zero-order valence-corrected chi connectivity index (χ0v) is 18.0. The van der Waals surface area contributed by atoms with Crippen molar-refractivity contribution in [1.82, 2.24) is 15.4 Å². The Bertz CT molecular complexity index is 1400. The molecule has 3 aromatic carbocycles. The Kier molecular flexibility index (Phi) is 6.37. The quantitative estimate of drug-likeness (QED) is 0.352. The molecular formula is C26H22N4O3. The number of aryl methyl sites for hydroxylation is 1. The van der Waals surface area contributed by atoms with Crippen LogP contribution in [0.3, 0.4) is 0 Å².